The largest absolute Gasteiger partial charge is 0.355 e. The first kappa shape index (κ1) is 26.5. The van der Waals surface area contributed by atoms with Gasteiger partial charge in [-0.25, -0.2) is 4.79 Å². The van der Waals surface area contributed by atoms with Crippen LogP contribution >= 0.6 is 0 Å². The van der Waals surface area contributed by atoms with Crippen molar-refractivity contribution in [3.63, 3.8) is 0 Å². The van der Waals surface area contributed by atoms with Crippen LogP contribution in [-0.2, 0) is 38.4 Å². The van der Waals surface area contributed by atoms with Crippen LogP contribution in [0, 0.1) is 5.92 Å². The normalized spacial score (nSPS) is 16.2. The number of imide groups is 1. The summed E-state index contributed by atoms with van der Waals surface area (Å²) in [6, 6.07) is -1.18. The molecule has 2 atom stereocenters. The SMILES string of the molecule is CC(=O)NCC(=O)NCCCCC(NC(=O)CNC(C)=O)C(=O)ON1C(=O)CC(C)C1=O. The molecule has 0 aromatic heterocycles. The standard InChI is InChI=1S/C19H29N5O8/c1-11-8-17(29)24(18(11)30)32-19(31)14(23-16(28)10-22-13(3)26)6-4-5-7-20-15(27)9-21-12(2)25/h11,14H,4-10H2,1-3H3,(H,20,27)(H,21,25)(H,22,26)(H,23,28). The Kier molecular flexibility index (Phi) is 10.8. The molecule has 1 heterocycles. The Bertz CT molecular complexity index is 769. The van der Waals surface area contributed by atoms with E-state index < -0.39 is 41.6 Å². The molecule has 0 radical (unpaired) electrons. The fraction of sp³-hybridized carbons (Fsp3) is 0.632. The lowest BCUT2D eigenvalue weighted by Crippen LogP contribution is -2.48. The van der Waals surface area contributed by atoms with Gasteiger partial charge in [0.1, 0.15) is 6.04 Å². The molecule has 0 aliphatic carbocycles. The van der Waals surface area contributed by atoms with Crippen LogP contribution in [0.3, 0.4) is 0 Å². The number of hydrogen-bond acceptors (Lipinski definition) is 8. The molecule has 6 amide bonds. The molecule has 32 heavy (non-hydrogen) atoms. The third-order valence-corrected chi connectivity index (χ3v) is 4.37. The van der Waals surface area contributed by atoms with Gasteiger partial charge in [-0.15, -0.1) is 5.06 Å². The lowest BCUT2D eigenvalue weighted by atomic mass is 10.1. The number of unbranched alkanes of at least 4 members (excludes halogenated alkanes) is 1. The van der Waals surface area contributed by atoms with Crippen molar-refractivity contribution >= 4 is 41.4 Å². The second-order valence-electron chi connectivity index (χ2n) is 7.33. The Morgan fingerprint density at radius 3 is 2.09 bits per heavy atom. The van der Waals surface area contributed by atoms with Crippen molar-refractivity contribution in [1.82, 2.24) is 26.3 Å². The first-order valence-electron chi connectivity index (χ1n) is 10.1. The fourth-order valence-electron chi connectivity index (χ4n) is 2.67. The van der Waals surface area contributed by atoms with Gasteiger partial charge in [-0.05, 0) is 19.3 Å². The molecule has 13 nitrogen and oxygen atoms in total. The van der Waals surface area contributed by atoms with Crippen LogP contribution in [-0.4, -0.2) is 72.2 Å². The average molecular weight is 455 g/mol. The molecule has 0 bridgehead atoms. The maximum absolute atomic E-state index is 12.5. The van der Waals surface area contributed by atoms with E-state index in [0.717, 1.165) is 0 Å². The predicted octanol–water partition coefficient (Wildman–Crippen LogP) is -2.12. The van der Waals surface area contributed by atoms with E-state index in [0.29, 0.717) is 17.9 Å². The van der Waals surface area contributed by atoms with E-state index >= 15 is 0 Å². The van der Waals surface area contributed by atoms with Crippen LogP contribution in [0.4, 0.5) is 0 Å². The number of amides is 6. The van der Waals surface area contributed by atoms with Gasteiger partial charge in [0.15, 0.2) is 0 Å². The van der Waals surface area contributed by atoms with E-state index in [-0.39, 0.29) is 44.3 Å². The molecule has 1 aliphatic rings. The monoisotopic (exact) mass is 455 g/mol. The van der Waals surface area contributed by atoms with Crippen LogP contribution in [0.25, 0.3) is 0 Å². The summed E-state index contributed by atoms with van der Waals surface area (Å²) in [5.41, 5.74) is 0. The van der Waals surface area contributed by atoms with Crippen LogP contribution in [0.2, 0.25) is 0 Å². The summed E-state index contributed by atoms with van der Waals surface area (Å²) in [7, 11) is 0. The van der Waals surface area contributed by atoms with Crippen molar-refractivity contribution in [2.75, 3.05) is 19.6 Å². The first-order valence-corrected chi connectivity index (χ1v) is 10.1. The third kappa shape index (κ3) is 9.53. The van der Waals surface area contributed by atoms with Gasteiger partial charge < -0.3 is 26.1 Å². The second-order valence-corrected chi connectivity index (χ2v) is 7.33. The molecule has 0 aromatic rings. The van der Waals surface area contributed by atoms with Crippen LogP contribution in [0.15, 0.2) is 0 Å². The Balaban J connectivity index is 2.59. The average Bonchev–Trinajstić information content (AvgIpc) is 2.95. The zero-order valence-electron chi connectivity index (χ0n) is 18.3. The summed E-state index contributed by atoms with van der Waals surface area (Å²) < 4.78 is 0. The predicted molar refractivity (Wildman–Crippen MR) is 108 cm³/mol. The first-order chi connectivity index (χ1) is 15.0. The lowest BCUT2D eigenvalue weighted by molar-refractivity contribution is -0.199. The molecule has 1 aliphatic heterocycles. The number of nitrogens with zero attached hydrogens (tertiary/aromatic N) is 1. The third-order valence-electron chi connectivity index (χ3n) is 4.37. The molecule has 0 spiro atoms. The number of carbonyl (C=O) groups excluding carboxylic acids is 7. The van der Waals surface area contributed by atoms with Gasteiger partial charge in [0.25, 0.3) is 11.8 Å². The van der Waals surface area contributed by atoms with E-state index in [9.17, 15) is 33.6 Å². The lowest BCUT2D eigenvalue weighted by Gasteiger charge is -2.20. The summed E-state index contributed by atoms with van der Waals surface area (Å²) >= 11 is 0. The summed E-state index contributed by atoms with van der Waals surface area (Å²) in [5, 5.41) is 10.0. The smallest absolute Gasteiger partial charge is 0.355 e. The van der Waals surface area contributed by atoms with Gasteiger partial charge in [-0.3, -0.25) is 28.8 Å². The number of hydroxylamine groups is 2. The van der Waals surface area contributed by atoms with Crippen LogP contribution in [0.1, 0.15) is 46.5 Å². The van der Waals surface area contributed by atoms with Gasteiger partial charge >= 0.3 is 5.97 Å². The Labute approximate surface area is 184 Å². The van der Waals surface area contributed by atoms with Gasteiger partial charge in [0.05, 0.1) is 13.1 Å². The van der Waals surface area contributed by atoms with E-state index in [1.165, 1.54) is 20.8 Å². The van der Waals surface area contributed by atoms with Crippen molar-refractivity contribution in [2.24, 2.45) is 5.92 Å². The molecule has 0 aromatic carbocycles. The van der Waals surface area contributed by atoms with Crippen molar-refractivity contribution < 1.29 is 38.4 Å². The Morgan fingerprint density at radius 1 is 0.969 bits per heavy atom. The highest BCUT2D eigenvalue weighted by molar-refractivity contribution is 6.03. The van der Waals surface area contributed by atoms with Crippen molar-refractivity contribution in [1.29, 1.82) is 0 Å². The fourth-order valence-corrected chi connectivity index (χ4v) is 2.67. The number of nitrogens with one attached hydrogen (secondary N) is 4. The summed E-state index contributed by atoms with van der Waals surface area (Å²) in [6.45, 7) is 3.79. The van der Waals surface area contributed by atoms with Crippen LogP contribution in [0.5, 0.6) is 0 Å². The van der Waals surface area contributed by atoms with Gasteiger partial charge in [0, 0.05) is 32.7 Å². The molecule has 0 saturated carbocycles. The quantitative estimate of drug-likeness (QED) is 0.190. The maximum atomic E-state index is 12.5. The topological polar surface area (TPSA) is 180 Å². The zero-order valence-corrected chi connectivity index (χ0v) is 18.3. The molecule has 13 heteroatoms. The molecule has 1 fully saturated rings. The minimum absolute atomic E-state index is 0.0795. The van der Waals surface area contributed by atoms with Crippen molar-refractivity contribution in [3.8, 4) is 0 Å². The minimum Gasteiger partial charge on any atom is -0.355 e. The molecular weight excluding hydrogens is 426 g/mol. The van der Waals surface area contributed by atoms with Gasteiger partial charge in [0.2, 0.25) is 23.6 Å². The zero-order chi connectivity index (χ0) is 24.3. The van der Waals surface area contributed by atoms with E-state index in [1.807, 2.05) is 0 Å². The molecule has 2 unspecified atom stereocenters. The van der Waals surface area contributed by atoms with Crippen molar-refractivity contribution in [2.45, 2.75) is 52.5 Å². The van der Waals surface area contributed by atoms with Crippen LogP contribution < -0.4 is 21.3 Å². The molecular formula is C19H29N5O8. The summed E-state index contributed by atoms with van der Waals surface area (Å²) in [5.74, 6) is -4.69. The van der Waals surface area contributed by atoms with Crippen molar-refractivity contribution in [3.05, 3.63) is 0 Å². The number of rotatable bonds is 12. The number of hydrogen-bond donors (Lipinski definition) is 4. The highest BCUT2D eigenvalue weighted by Gasteiger charge is 2.40. The highest BCUT2D eigenvalue weighted by atomic mass is 16.7. The second kappa shape index (κ2) is 13.0. The Hall–Kier alpha value is -3.51. The van der Waals surface area contributed by atoms with Gasteiger partial charge in [-0.2, -0.15) is 0 Å². The summed E-state index contributed by atoms with van der Waals surface area (Å²) in [6.07, 6.45) is 0.830. The maximum Gasteiger partial charge on any atom is 0.355 e. The highest BCUT2D eigenvalue weighted by Crippen LogP contribution is 2.19. The van der Waals surface area contributed by atoms with Gasteiger partial charge in [-0.1, -0.05) is 6.92 Å². The van der Waals surface area contributed by atoms with E-state index in [2.05, 4.69) is 21.3 Å². The number of carbonyl (C=O) groups is 7. The summed E-state index contributed by atoms with van der Waals surface area (Å²) in [4.78, 5) is 86.5. The minimum atomic E-state index is -1.18. The Morgan fingerprint density at radius 2 is 1.56 bits per heavy atom. The molecule has 1 saturated heterocycles. The van der Waals surface area contributed by atoms with E-state index in [4.69, 9.17) is 4.84 Å². The van der Waals surface area contributed by atoms with E-state index in [1.54, 1.807) is 0 Å². The molecule has 178 valence electrons. The molecule has 1 rings (SSSR count). The molecule has 4 N–H and O–H groups in total.